The van der Waals surface area contributed by atoms with E-state index in [1.54, 1.807) is 0 Å². The minimum absolute atomic E-state index is 0.0121. The van der Waals surface area contributed by atoms with Crippen molar-refractivity contribution in [2.24, 2.45) is 0 Å². The SMILES string of the molecule is CC(C)(C)c1ccc(-c2c(-c3cc4c5c6c3-n3c7ccc(C(C)(C)C)cc7c7cc(C(C)(C)C)cc(c73)B6c3cc(C(C)(C)C)cc6c7cc(C(C)(C)C)cc(c7n-5c36)C43c4ccccc4-c4ccccc43)ccc3ccccc23)cc1. The number of aromatic nitrogens is 2. The van der Waals surface area contributed by atoms with Gasteiger partial charge in [0.2, 0.25) is 0 Å². The lowest BCUT2D eigenvalue weighted by molar-refractivity contribution is 0.588. The van der Waals surface area contributed by atoms with Crippen LogP contribution in [0.2, 0.25) is 0 Å². The Bertz CT molecular complexity index is 4810. The predicted octanol–water partition coefficient (Wildman–Crippen LogP) is 18.7. The van der Waals surface area contributed by atoms with Gasteiger partial charge in [-0.2, -0.15) is 0 Å². The van der Waals surface area contributed by atoms with Crippen molar-refractivity contribution in [3.8, 4) is 44.8 Å². The Kier molecular flexibility index (Phi) is 9.62. The average Bonchev–Trinajstić information content (AvgIpc) is 1.42. The largest absolute Gasteiger partial charge is 0.310 e. The molecular weight excluding hydrogens is 988 g/mol. The zero-order chi connectivity index (χ0) is 56.9. The fourth-order valence-corrected chi connectivity index (χ4v) is 15.7. The normalized spacial score (nSPS) is 14.8. The summed E-state index contributed by atoms with van der Waals surface area (Å²) in [4.78, 5) is 0. The van der Waals surface area contributed by atoms with E-state index < -0.39 is 5.41 Å². The first kappa shape index (κ1) is 49.9. The molecule has 0 saturated carbocycles. The van der Waals surface area contributed by atoms with Crippen LogP contribution in [-0.4, -0.2) is 15.8 Å². The van der Waals surface area contributed by atoms with Gasteiger partial charge in [-0.3, -0.25) is 0 Å². The molecule has 0 N–H and O–H groups in total. The van der Waals surface area contributed by atoms with Crippen LogP contribution in [0.3, 0.4) is 0 Å². The van der Waals surface area contributed by atoms with Gasteiger partial charge in [-0.05, 0) is 169 Å². The van der Waals surface area contributed by atoms with Crippen LogP contribution in [-0.2, 0) is 32.5 Å². The average molecular weight is 1060 g/mol. The van der Waals surface area contributed by atoms with Crippen LogP contribution >= 0.6 is 0 Å². The molecule has 0 radical (unpaired) electrons. The maximum atomic E-state index is 2.82. The van der Waals surface area contributed by atoms with Crippen molar-refractivity contribution < 1.29 is 0 Å². The predicted molar refractivity (Wildman–Crippen MR) is 353 cm³/mol. The third kappa shape index (κ3) is 6.38. The molecule has 82 heavy (non-hydrogen) atoms. The molecule has 12 aromatic rings. The van der Waals surface area contributed by atoms with Crippen molar-refractivity contribution in [3.63, 3.8) is 0 Å². The molecule has 0 unspecified atom stereocenters. The van der Waals surface area contributed by atoms with Gasteiger partial charge in [0.1, 0.15) is 0 Å². The zero-order valence-electron chi connectivity index (χ0n) is 50.6. The van der Waals surface area contributed by atoms with Gasteiger partial charge in [0.15, 0.2) is 0 Å². The number of rotatable bonds is 2. The summed E-state index contributed by atoms with van der Waals surface area (Å²) in [7, 11) is 0. The van der Waals surface area contributed by atoms with E-state index in [2.05, 4.69) is 283 Å². The fourth-order valence-electron chi connectivity index (χ4n) is 15.7. The summed E-state index contributed by atoms with van der Waals surface area (Å²) in [5.41, 5.74) is 31.1. The lowest BCUT2D eigenvalue weighted by atomic mass is 9.33. The molecule has 16 rings (SSSR count). The number of hydrogen-bond donors (Lipinski definition) is 0. The van der Waals surface area contributed by atoms with Gasteiger partial charge in [-0.25, -0.2) is 0 Å². The maximum Gasteiger partial charge on any atom is 0.252 e. The molecule has 0 bridgehead atoms. The molecule has 1 spiro atoms. The molecule has 0 saturated heterocycles. The third-order valence-corrected chi connectivity index (χ3v) is 20.0. The molecule has 1 aliphatic carbocycles. The summed E-state index contributed by atoms with van der Waals surface area (Å²) in [6.07, 6.45) is 0. The minimum atomic E-state index is -0.667. The van der Waals surface area contributed by atoms with E-state index in [0.717, 1.165) is 0 Å². The Balaban J connectivity index is 1.21. The lowest BCUT2D eigenvalue weighted by Gasteiger charge is -2.45. The molecular formula is C79H73BN2. The first-order valence-electron chi connectivity index (χ1n) is 30.2. The fraction of sp³-hybridized carbons (Fsp3) is 0.266. The molecule has 2 aromatic heterocycles. The second kappa shape index (κ2) is 15.8. The monoisotopic (exact) mass is 1060 g/mol. The van der Waals surface area contributed by atoms with Gasteiger partial charge in [-0.1, -0.05) is 237 Å². The van der Waals surface area contributed by atoms with Crippen LogP contribution in [0.4, 0.5) is 0 Å². The van der Waals surface area contributed by atoms with Crippen molar-refractivity contribution in [1.29, 1.82) is 0 Å². The number of fused-ring (bicyclic) bond motifs is 15. The van der Waals surface area contributed by atoms with E-state index in [-0.39, 0.29) is 33.8 Å². The van der Waals surface area contributed by atoms with Gasteiger partial charge >= 0.3 is 0 Å². The van der Waals surface area contributed by atoms with Crippen molar-refractivity contribution >= 4 is 77.5 Å². The summed E-state index contributed by atoms with van der Waals surface area (Å²) in [6, 6.07) is 68.5. The van der Waals surface area contributed by atoms with Crippen LogP contribution < -0.4 is 16.4 Å². The first-order valence-corrected chi connectivity index (χ1v) is 30.2. The van der Waals surface area contributed by atoms with E-state index in [0.29, 0.717) is 0 Å². The second-order valence-electron chi connectivity index (χ2n) is 30.1. The summed E-state index contributed by atoms with van der Waals surface area (Å²) >= 11 is 0. The molecule has 4 aliphatic rings. The maximum absolute atomic E-state index is 2.82. The van der Waals surface area contributed by atoms with E-state index in [1.807, 2.05) is 0 Å². The quantitative estimate of drug-likeness (QED) is 0.153. The van der Waals surface area contributed by atoms with Crippen molar-refractivity contribution in [1.82, 2.24) is 9.13 Å². The molecule has 0 fully saturated rings. The highest BCUT2D eigenvalue weighted by Gasteiger charge is 2.55. The molecule has 2 nitrogen and oxygen atoms in total. The molecule has 3 heteroatoms. The summed E-state index contributed by atoms with van der Waals surface area (Å²) in [5.74, 6) is 0. The van der Waals surface area contributed by atoms with Crippen LogP contribution in [0.5, 0.6) is 0 Å². The van der Waals surface area contributed by atoms with Crippen molar-refractivity contribution in [3.05, 3.63) is 220 Å². The van der Waals surface area contributed by atoms with E-state index >= 15 is 0 Å². The summed E-state index contributed by atoms with van der Waals surface area (Å²) in [5, 5.41) is 7.90. The molecule has 5 heterocycles. The van der Waals surface area contributed by atoms with Crippen molar-refractivity contribution in [2.45, 2.75) is 136 Å². The van der Waals surface area contributed by atoms with E-state index in [4.69, 9.17) is 0 Å². The topological polar surface area (TPSA) is 9.86 Å². The van der Waals surface area contributed by atoms with Gasteiger partial charge in [-0.15, -0.1) is 0 Å². The summed E-state index contributed by atoms with van der Waals surface area (Å²) < 4.78 is 5.60. The highest BCUT2D eigenvalue weighted by atomic mass is 15.1. The Morgan fingerprint density at radius 1 is 0.329 bits per heavy atom. The van der Waals surface area contributed by atoms with Gasteiger partial charge in [0.05, 0.1) is 22.1 Å². The van der Waals surface area contributed by atoms with E-state index in [9.17, 15) is 0 Å². The van der Waals surface area contributed by atoms with Crippen LogP contribution in [0.25, 0.3) is 99.1 Å². The zero-order valence-corrected chi connectivity index (χ0v) is 50.6. The molecule has 0 amide bonds. The van der Waals surface area contributed by atoms with Gasteiger partial charge < -0.3 is 9.13 Å². The number of benzene rings is 10. The standard InChI is InChI=1S/C79H73BN2/c1-74(2,3)46-31-28-45(29-32-46)67-51-23-17-16-22-44(51)30-34-54(67)59-43-63-73-68-72(59)81-66-35-33-47(75(4,5)6)36-55(66)56-38-49(77(10,11)12)41-64(70(56)81)80(68)65-42-50(78(13,14)15)39-58-57-37-48(76(7,8)9)40-62(69(57)82(73)71(58)65)79(63)60-26-20-18-24-52(60)53-25-19-21-27-61(53)79/h16-43H,1-15H3. The van der Waals surface area contributed by atoms with Crippen LogP contribution in [0.15, 0.2) is 170 Å². The molecule has 0 atom stereocenters. The van der Waals surface area contributed by atoms with Gasteiger partial charge in [0.25, 0.3) is 6.71 Å². The number of hydrogen-bond acceptors (Lipinski definition) is 0. The Morgan fingerprint density at radius 2 is 0.829 bits per heavy atom. The van der Waals surface area contributed by atoms with Crippen LogP contribution in [0, 0.1) is 0 Å². The smallest absolute Gasteiger partial charge is 0.252 e. The first-order chi connectivity index (χ1) is 38.8. The second-order valence-corrected chi connectivity index (χ2v) is 30.1. The van der Waals surface area contributed by atoms with Gasteiger partial charge in [0, 0.05) is 43.8 Å². The van der Waals surface area contributed by atoms with Crippen molar-refractivity contribution in [2.75, 3.05) is 0 Å². The summed E-state index contributed by atoms with van der Waals surface area (Å²) in [6.45, 7) is 35.7. The molecule has 10 aromatic carbocycles. The molecule has 3 aliphatic heterocycles. The Morgan fingerprint density at radius 3 is 1.43 bits per heavy atom. The highest BCUT2D eigenvalue weighted by molar-refractivity contribution is 7.00. The highest BCUT2D eigenvalue weighted by Crippen LogP contribution is 2.63. The third-order valence-electron chi connectivity index (χ3n) is 20.0. The Hall–Kier alpha value is -7.88. The van der Waals surface area contributed by atoms with E-state index in [1.165, 1.54) is 166 Å². The van der Waals surface area contributed by atoms with Crippen LogP contribution in [0.1, 0.15) is 154 Å². The molecule has 402 valence electrons. The lowest BCUT2D eigenvalue weighted by Crippen LogP contribution is -2.61. The number of nitrogens with zero attached hydrogens (tertiary/aromatic N) is 2. The Labute approximate surface area is 484 Å². The minimum Gasteiger partial charge on any atom is -0.310 e.